The summed E-state index contributed by atoms with van der Waals surface area (Å²) in [6.45, 7) is 1.84. The van der Waals surface area contributed by atoms with Crippen LogP contribution in [0.25, 0.3) is 0 Å². The highest BCUT2D eigenvalue weighted by Crippen LogP contribution is 2.18. The summed E-state index contributed by atoms with van der Waals surface area (Å²) in [4.78, 5) is 17.4. The Labute approximate surface area is 101 Å². The molecule has 1 aromatic heterocycles. The highest BCUT2D eigenvalue weighted by Gasteiger charge is 2.21. The molecule has 1 N–H and O–H groups in total. The summed E-state index contributed by atoms with van der Waals surface area (Å²) in [5, 5.41) is 2.85. The molecule has 1 fully saturated rings. The third kappa shape index (κ3) is 3.09. The standard InChI is InChI=1S/C12H17N3O2/c1-17-12(16)14-10-3-2-8-15(9-10)11-4-6-13-7-5-11/h4-7,10H,2-3,8-9H2,1H3,(H,14,16). The summed E-state index contributed by atoms with van der Waals surface area (Å²) in [5.41, 5.74) is 1.15. The summed E-state index contributed by atoms with van der Waals surface area (Å²) < 4.78 is 4.62. The van der Waals surface area contributed by atoms with Gasteiger partial charge in [0.05, 0.1) is 7.11 Å². The number of hydrogen-bond acceptors (Lipinski definition) is 4. The quantitative estimate of drug-likeness (QED) is 0.842. The Morgan fingerprint density at radius 1 is 1.53 bits per heavy atom. The van der Waals surface area contributed by atoms with E-state index in [-0.39, 0.29) is 12.1 Å². The van der Waals surface area contributed by atoms with E-state index in [2.05, 4.69) is 19.9 Å². The molecule has 0 aliphatic carbocycles. The van der Waals surface area contributed by atoms with Crippen LogP contribution in [0.2, 0.25) is 0 Å². The molecule has 1 aromatic rings. The third-order valence-corrected chi connectivity index (χ3v) is 2.96. The van der Waals surface area contributed by atoms with Crippen LogP contribution in [0.5, 0.6) is 0 Å². The molecule has 1 aliphatic rings. The van der Waals surface area contributed by atoms with Crippen molar-refractivity contribution in [2.24, 2.45) is 0 Å². The molecule has 0 saturated carbocycles. The average molecular weight is 235 g/mol. The summed E-state index contributed by atoms with van der Waals surface area (Å²) in [7, 11) is 1.39. The number of nitrogens with one attached hydrogen (secondary N) is 1. The van der Waals surface area contributed by atoms with E-state index in [0.29, 0.717) is 0 Å². The van der Waals surface area contributed by atoms with E-state index >= 15 is 0 Å². The second kappa shape index (κ2) is 5.52. The first-order valence-corrected chi connectivity index (χ1v) is 5.79. The maximum absolute atomic E-state index is 11.2. The molecule has 1 unspecified atom stereocenters. The van der Waals surface area contributed by atoms with Gasteiger partial charge in [0.25, 0.3) is 0 Å². The van der Waals surface area contributed by atoms with Gasteiger partial charge in [-0.25, -0.2) is 4.79 Å². The third-order valence-electron chi connectivity index (χ3n) is 2.96. The van der Waals surface area contributed by atoms with Crippen LogP contribution in [0.4, 0.5) is 10.5 Å². The van der Waals surface area contributed by atoms with E-state index in [0.717, 1.165) is 31.6 Å². The van der Waals surface area contributed by atoms with Crippen LogP contribution in [-0.4, -0.2) is 37.3 Å². The second-order valence-corrected chi connectivity index (χ2v) is 4.13. The van der Waals surface area contributed by atoms with Crippen molar-refractivity contribution in [1.82, 2.24) is 10.3 Å². The molecule has 2 rings (SSSR count). The van der Waals surface area contributed by atoms with Gasteiger partial charge in [-0.2, -0.15) is 0 Å². The van der Waals surface area contributed by atoms with Crippen molar-refractivity contribution in [3.05, 3.63) is 24.5 Å². The Morgan fingerprint density at radius 3 is 3.00 bits per heavy atom. The van der Waals surface area contributed by atoms with Crippen molar-refractivity contribution in [2.45, 2.75) is 18.9 Å². The molecule has 1 atom stereocenters. The summed E-state index contributed by atoms with van der Waals surface area (Å²) in [6, 6.07) is 4.13. The number of carbonyl (C=O) groups excluding carboxylic acids is 1. The second-order valence-electron chi connectivity index (χ2n) is 4.13. The van der Waals surface area contributed by atoms with Gasteiger partial charge < -0.3 is 15.0 Å². The molecule has 1 amide bonds. The molecule has 17 heavy (non-hydrogen) atoms. The molecular formula is C12H17N3O2. The van der Waals surface area contributed by atoms with Gasteiger partial charge in [0.15, 0.2) is 0 Å². The summed E-state index contributed by atoms with van der Waals surface area (Å²) >= 11 is 0. The monoisotopic (exact) mass is 235 g/mol. The minimum atomic E-state index is -0.355. The SMILES string of the molecule is COC(=O)NC1CCCN(c2ccncc2)C1. The molecule has 0 spiro atoms. The van der Waals surface area contributed by atoms with Crippen molar-refractivity contribution in [3.63, 3.8) is 0 Å². The molecule has 0 bridgehead atoms. The van der Waals surface area contributed by atoms with Crippen molar-refractivity contribution in [2.75, 3.05) is 25.1 Å². The number of amides is 1. The lowest BCUT2D eigenvalue weighted by Crippen LogP contribution is -2.47. The molecule has 1 aliphatic heterocycles. The van der Waals surface area contributed by atoms with Gasteiger partial charge in [0.1, 0.15) is 0 Å². The highest BCUT2D eigenvalue weighted by atomic mass is 16.5. The number of nitrogens with zero attached hydrogens (tertiary/aromatic N) is 2. The van der Waals surface area contributed by atoms with Gasteiger partial charge in [0.2, 0.25) is 0 Å². The van der Waals surface area contributed by atoms with Crippen molar-refractivity contribution in [1.29, 1.82) is 0 Å². The summed E-state index contributed by atoms with van der Waals surface area (Å²) in [6.07, 6.45) is 5.28. The number of pyridine rings is 1. The van der Waals surface area contributed by atoms with E-state index in [1.807, 2.05) is 12.1 Å². The number of piperidine rings is 1. The van der Waals surface area contributed by atoms with Gasteiger partial charge >= 0.3 is 6.09 Å². The number of alkyl carbamates (subject to hydrolysis) is 1. The number of carbonyl (C=O) groups is 1. The Bertz CT molecular complexity index is 369. The predicted molar refractivity (Wildman–Crippen MR) is 65.0 cm³/mol. The number of ether oxygens (including phenoxy) is 1. The average Bonchev–Trinajstić information content (AvgIpc) is 2.40. The molecular weight excluding hydrogens is 218 g/mol. The zero-order chi connectivity index (χ0) is 12.1. The topological polar surface area (TPSA) is 54.5 Å². The molecule has 5 heteroatoms. The Hall–Kier alpha value is -1.78. The van der Waals surface area contributed by atoms with Gasteiger partial charge in [-0.05, 0) is 25.0 Å². The van der Waals surface area contributed by atoms with Gasteiger partial charge in [0, 0.05) is 37.2 Å². The fourth-order valence-electron chi connectivity index (χ4n) is 2.11. The zero-order valence-electron chi connectivity index (χ0n) is 9.93. The van der Waals surface area contributed by atoms with E-state index in [1.165, 1.54) is 7.11 Å². The first-order chi connectivity index (χ1) is 8.29. The van der Waals surface area contributed by atoms with Crippen LogP contribution in [0.3, 0.4) is 0 Å². The Morgan fingerprint density at radius 2 is 2.29 bits per heavy atom. The molecule has 0 aromatic carbocycles. The molecule has 92 valence electrons. The van der Waals surface area contributed by atoms with E-state index in [9.17, 15) is 4.79 Å². The number of hydrogen-bond donors (Lipinski definition) is 1. The number of rotatable bonds is 2. The molecule has 1 saturated heterocycles. The van der Waals surface area contributed by atoms with Crippen LogP contribution in [-0.2, 0) is 4.74 Å². The predicted octanol–water partition coefficient (Wildman–Crippen LogP) is 1.41. The minimum Gasteiger partial charge on any atom is -0.453 e. The van der Waals surface area contributed by atoms with E-state index in [4.69, 9.17) is 0 Å². The maximum atomic E-state index is 11.2. The Kier molecular flexibility index (Phi) is 3.80. The highest BCUT2D eigenvalue weighted by molar-refractivity contribution is 5.67. The van der Waals surface area contributed by atoms with Crippen LogP contribution >= 0.6 is 0 Å². The van der Waals surface area contributed by atoms with Gasteiger partial charge in [-0.3, -0.25) is 4.98 Å². The smallest absolute Gasteiger partial charge is 0.407 e. The first kappa shape index (κ1) is 11.7. The van der Waals surface area contributed by atoms with Crippen LogP contribution in [0.1, 0.15) is 12.8 Å². The molecule has 2 heterocycles. The van der Waals surface area contributed by atoms with Crippen molar-refractivity contribution in [3.8, 4) is 0 Å². The number of methoxy groups -OCH3 is 1. The lowest BCUT2D eigenvalue weighted by Gasteiger charge is -2.34. The number of aromatic nitrogens is 1. The lowest BCUT2D eigenvalue weighted by molar-refractivity contribution is 0.165. The fraction of sp³-hybridized carbons (Fsp3) is 0.500. The van der Waals surface area contributed by atoms with Crippen LogP contribution in [0.15, 0.2) is 24.5 Å². The molecule has 0 radical (unpaired) electrons. The summed E-state index contributed by atoms with van der Waals surface area (Å²) in [5.74, 6) is 0. The normalized spacial score (nSPS) is 19.8. The number of anilines is 1. The zero-order valence-corrected chi connectivity index (χ0v) is 9.93. The largest absolute Gasteiger partial charge is 0.453 e. The van der Waals surface area contributed by atoms with Crippen LogP contribution in [0, 0.1) is 0 Å². The maximum Gasteiger partial charge on any atom is 0.407 e. The molecule has 5 nitrogen and oxygen atoms in total. The minimum absolute atomic E-state index is 0.157. The van der Waals surface area contributed by atoms with Gasteiger partial charge in [-0.15, -0.1) is 0 Å². The van der Waals surface area contributed by atoms with E-state index < -0.39 is 0 Å². The van der Waals surface area contributed by atoms with Gasteiger partial charge in [-0.1, -0.05) is 0 Å². The van der Waals surface area contributed by atoms with E-state index in [1.54, 1.807) is 12.4 Å². The Balaban J connectivity index is 1.95. The van der Waals surface area contributed by atoms with Crippen molar-refractivity contribution >= 4 is 11.8 Å². The van der Waals surface area contributed by atoms with Crippen molar-refractivity contribution < 1.29 is 9.53 Å². The lowest BCUT2D eigenvalue weighted by atomic mass is 10.1. The fourth-order valence-corrected chi connectivity index (χ4v) is 2.11. The first-order valence-electron chi connectivity index (χ1n) is 5.79. The van der Waals surface area contributed by atoms with Crippen LogP contribution < -0.4 is 10.2 Å².